The number of nitrogens with zero attached hydrogens (tertiary/aromatic N) is 3. The van der Waals surface area contributed by atoms with Crippen molar-refractivity contribution in [1.29, 1.82) is 0 Å². The maximum atomic E-state index is 12.9. The van der Waals surface area contributed by atoms with Gasteiger partial charge in [0.2, 0.25) is 0 Å². The molecule has 0 unspecified atom stereocenters. The van der Waals surface area contributed by atoms with Crippen molar-refractivity contribution in [2.24, 2.45) is 0 Å². The summed E-state index contributed by atoms with van der Waals surface area (Å²) in [7, 11) is -3.51. The minimum absolute atomic E-state index is 0.312. The van der Waals surface area contributed by atoms with Crippen LogP contribution >= 0.6 is 0 Å². The zero-order chi connectivity index (χ0) is 24.0. The van der Waals surface area contributed by atoms with Crippen molar-refractivity contribution < 1.29 is 17.9 Å². The van der Waals surface area contributed by atoms with E-state index in [0.717, 1.165) is 44.3 Å². The monoisotopic (exact) mass is 486 g/mol. The summed E-state index contributed by atoms with van der Waals surface area (Å²) in [6, 6.07) is 9.57. The molecule has 0 radical (unpaired) electrons. The number of allylic oxidation sites excluding steroid dienone is 1. The maximum Gasteiger partial charge on any atom is 0.304 e. The van der Waals surface area contributed by atoms with Gasteiger partial charge in [-0.05, 0) is 80.3 Å². The summed E-state index contributed by atoms with van der Waals surface area (Å²) in [4.78, 5) is 3.94. The standard InChI is InChI=1S/C25H34N4O4S/c1-2-32-19-21-8-6-7-20-17-23(9-10-24(20)21)33-16-5-3-4-13-28-14-15-29(34(28,30)31)22-11-12-27-25(26)18-22/h9-12,17-19H,2-8,13-16H2,1H3,(H2,26,27). The molecule has 184 valence electrons. The summed E-state index contributed by atoms with van der Waals surface area (Å²) in [6.45, 7) is 4.71. The fourth-order valence-corrected chi connectivity index (χ4v) is 6.14. The largest absolute Gasteiger partial charge is 0.501 e. The number of nitrogen functional groups attached to an aromatic ring is 1. The average molecular weight is 487 g/mol. The van der Waals surface area contributed by atoms with Crippen molar-refractivity contribution in [2.45, 2.75) is 45.4 Å². The molecular formula is C25H34N4O4S. The van der Waals surface area contributed by atoms with Crippen LogP contribution in [0.5, 0.6) is 5.75 Å². The van der Waals surface area contributed by atoms with Crippen LogP contribution < -0.4 is 14.8 Å². The number of ether oxygens (including phenoxy) is 2. The highest BCUT2D eigenvalue weighted by atomic mass is 32.2. The highest BCUT2D eigenvalue weighted by molar-refractivity contribution is 7.90. The maximum absolute atomic E-state index is 12.9. The third kappa shape index (κ3) is 5.64. The van der Waals surface area contributed by atoms with E-state index >= 15 is 0 Å². The zero-order valence-electron chi connectivity index (χ0n) is 19.8. The average Bonchev–Trinajstić information content (AvgIpc) is 3.13. The van der Waals surface area contributed by atoms with E-state index in [1.165, 1.54) is 27.2 Å². The van der Waals surface area contributed by atoms with Crippen LogP contribution in [0.25, 0.3) is 5.57 Å². The first kappa shape index (κ1) is 24.3. The van der Waals surface area contributed by atoms with Crippen LogP contribution in [0, 0.1) is 0 Å². The van der Waals surface area contributed by atoms with E-state index in [4.69, 9.17) is 15.2 Å². The molecule has 2 heterocycles. The van der Waals surface area contributed by atoms with Crippen molar-refractivity contribution in [1.82, 2.24) is 9.29 Å². The minimum atomic E-state index is -3.51. The molecule has 4 rings (SSSR count). The molecule has 1 aliphatic carbocycles. The van der Waals surface area contributed by atoms with Gasteiger partial charge in [-0.15, -0.1) is 0 Å². The number of anilines is 2. The van der Waals surface area contributed by atoms with Gasteiger partial charge in [0, 0.05) is 31.9 Å². The topological polar surface area (TPSA) is 98.0 Å². The summed E-state index contributed by atoms with van der Waals surface area (Å²) in [5, 5.41) is 0. The number of unbranched alkanes of at least 4 members (excludes halogenated alkanes) is 2. The Kier molecular flexibility index (Phi) is 7.95. The molecule has 9 heteroatoms. The third-order valence-corrected chi connectivity index (χ3v) is 8.21. The summed E-state index contributed by atoms with van der Waals surface area (Å²) in [5.41, 5.74) is 10.1. The first-order chi connectivity index (χ1) is 16.5. The van der Waals surface area contributed by atoms with Crippen LogP contribution in [0.3, 0.4) is 0 Å². The van der Waals surface area contributed by atoms with Gasteiger partial charge in [0.1, 0.15) is 11.6 Å². The summed E-state index contributed by atoms with van der Waals surface area (Å²) >= 11 is 0. The van der Waals surface area contributed by atoms with Crippen molar-refractivity contribution in [3.63, 3.8) is 0 Å². The molecule has 2 aromatic rings. The van der Waals surface area contributed by atoms with Gasteiger partial charge in [0.25, 0.3) is 0 Å². The molecule has 0 bridgehead atoms. The quantitative estimate of drug-likeness (QED) is 0.403. The molecule has 1 fully saturated rings. The Labute approximate surface area is 202 Å². The fraction of sp³-hybridized carbons (Fsp3) is 0.480. The lowest BCUT2D eigenvalue weighted by atomic mass is 9.88. The Morgan fingerprint density at radius 3 is 2.82 bits per heavy atom. The summed E-state index contributed by atoms with van der Waals surface area (Å²) in [5.74, 6) is 1.21. The number of benzene rings is 1. The van der Waals surface area contributed by atoms with E-state index in [1.807, 2.05) is 19.3 Å². The number of pyridine rings is 1. The Morgan fingerprint density at radius 2 is 2.00 bits per heavy atom. The van der Waals surface area contributed by atoms with Gasteiger partial charge < -0.3 is 15.2 Å². The molecule has 34 heavy (non-hydrogen) atoms. The second-order valence-electron chi connectivity index (χ2n) is 8.60. The van der Waals surface area contributed by atoms with Gasteiger partial charge in [-0.1, -0.05) is 6.07 Å². The Balaban J connectivity index is 1.21. The Morgan fingerprint density at radius 1 is 1.12 bits per heavy atom. The molecule has 0 spiro atoms. The number of hydrogen-bond acceptors (Lipinski definition) is 6. The lowest BCUT2D eigenvalue weighted by Gasteiger charge is -2.20. The Hall–Kier alpha value is -2.78. The normalized spacial score (nSPS) is 18.7. The fourth-order valence-electron chi connectivity index (χ4n) is 4.50. The van der Waals surface area contributed by atoms with Gasteiger partial charge in [-0.25, -0.2) is 4.98 Å². The molecule has 2 N–H and O–H groups in total. The molecule has 1 saturated heterocycles. The first-order valence-corrected chi connectivity index (χ1v) is 13.4. The number of aromatic nitrogens is 1. The summed E-state index contributed by atoms with van der Waals surface area (Å²) in [6.07, 6.45) is 9.24. The van der Waals surface area contributed by atoms with Crippen LogP contribution in [0.1, 0.15) is 50.2 Å². The molecule has 1 aromatic carbocycles. The zero-order valence-corrected chi connectivity index (χ0v) is 20.6. The van der Waals surface area contributed by atoms with Crippen molar-refractivity contribution >= 4 is 27.3 Å². The van der Waals surface area contributed by atoms with Gasteiger partial charge in [-0.2, -0.15) is 12.7 Å². The van der Waals surface area contributed by atoms with E-state index in [-0.39, 0.29) is 0 Å². The number of fused-ring (bicyclic) bond motifs is 1. The molecule has 1 aromatic heterocycles. The van der Waals surface area contributed by atoms with Crippen molar-refractivity contribution in [3.05, 3.63) is 53.9 Å². The number of hydrogen-bond donors (Lipinski definition) is 1. The highest BCUT2D eigenvalue weighted by Gasteiger charge is 2.36. The number of nitrogens with two attached hydrogens (primary N) is 1. The van der Waals surface area contributed by atoms with Crippen LogP contribution in [0.15, 0.2) is 42.8 Å². The van der Waals surface area contributed by atoms with Gasteiger partial charge in [0.05, 0.1) is 25.2 Å². The lowest BCUT2D eigenvalue weighted by molar-refractivity contribution is 0.270. The van der Waals surface area contributed by atoms with Crippen LogP contribution in [-0.2, 0) is 21.4 Å². The van der Waals surface area contributed by atoms with E-state index in [2.05, 4.69) is 17.1 Å². The molecule has 8 nitrogen and oxygen atoms in total. The van der Waals surface area contributed by atoms with Gasteiger partial charge in [0.15, 0.2) is 0 Å². The smallest absolute Gasteiger partial charge is 0.304 e. The predicted octanol–water partition coefficient (Wildman–Crippen LogP) is 3.99. The van der Waals surface area contributed by atoms with E-state index < -0.39 is 10.2 Å². The van der Waals surface area contributed by atoms with Crippen molar-refractivity contribution in [2.75, 3.05) is 42.9 Å². The number of aryl methyl sites for hydroxylation is 1. The van der Waals surface area contributed by atoms with Crippen molar-refractivity contribution in [3.8, 4) is 5.75 Å². The molecule has 2 aliphatic rings. The minimum Gasteiger partial charge on any atom is -0.501 e. The molecule has 0 saturated carbocycles. The number of rotatable bonds is 10. The van der Waals surface area contributed by atoms with Crippen LogP contribution in [0.4, 0.5) is 11.5 Å². The second-order valence-corrected chi connectivity index (χ2v) is 10.5. The SMILES string of the molecule is CCOC=C1CCCc2cc(OCCCCCN3CCN(c4ccnc(N)c4)S3(=O)=O)ccc21. The molecule has 0 atom stereocenters. The van der Waals surface area contributed by atoms with Gasteiger partial charge in [-0.3, -0.25) is 4.31 Å². The Bertz CT molecular complexity index is 1120. The first-order valence-electron chi connectivity index (χ1n) is 12.0. The van der Waals surface area contributed by atoms with E-state index in [0.29, 0.717) is 44.4 Å². The third-order valence-electron chi connectivity index (χ3n) is 6.24. The molecule has 0 amide bonds. The molecule has 1 aliphatic heterocycles. The molecular weight excluding hydrogens is 452 g/mol. The predicted molar refractivity (Wildman–Crippen MR) is 135 cm³/mol. The van der Waals surface area contributed by atoms with E-state index in [9.17, 15) is 8.42 Å². The van der Waals surface area contributed by atoms with E-state index in [1.54, 1.807) is 16.4 Å². The van der Waals surface area contributed by atoms with Gasteiger partial charge >= 0.3 is 10.2 Å². The van der Waals surface area contributed by atoms with Crippen LogP contribution in [0.2, 0.25) is 0 Å². The second kappa shape index (κ2) is 11.1. The van der Waals surface area contributed by atoms with Crippen LogP contribution in [-0.4, -0.2) is 50.6 Å². The highest BCUT2D eigenvalue weighted by Crippen LogP contribution is 2.33. The lowest BCUT2D eigenvalue weighted by Crippen LogP contribution is -2.33. The summed E-state index contributed by atoms with van der Waals surface area (Å²) < 4.78 is 40.1.